The number of nitrogens with one attached hydrogen (secondary N) is 1. The van der Waals surface area contributed by atoms with E-state index in [1.807, 2.05) is 0 Å². The molecule has 2 fully saturated rings. The number of carbonyl (C=O) groups excluding carboxylic acids is 1. The van der Waals surface area contributed by atoms with Gasteiger partial charge >= 0.3 is 6.18 Å². The van der Waals surface area contributed by atoms with Crippen LogP contribution in [0.1, 0.15) is 45.4 Å². The minimum Gasteiger partial charge on any atom is -0.341 e. The van der Waals surface area contributed by atoms with Gasteiger partial charge < -0.3 is 10.2 Å². The van der Waals surface area contributed by atoms with Gasteiger partial charge in [0, 0.05) is 19.6 Å². The Hall–Kier alpha value is -0.780. The molecule has 3 nitrogen and oxygen atoms in total. The molecule has 2 aliphatic rings. The fourth-order valence-electron chi connectivity index (χ4n) is 3.40. The van der Waals surface area contributed by atoms with Crippen molar-refractivity contribution in [2.45, 2.75) is 63.7 Å². The second-order valence-corrected chi connectivity index (χ2v) is 6.64. The summed E-state index contributed by atoms with van der Waals surface area (Å²) in [6.45, 7) is 2.08. The van der Waals surface area contributed by atoms with Crippen molar-refractivity contribution in [2.24, 2.45) is 11.8 Å². The van der Waals surface area contributed by atoms with E-state index in [1.54, 1.807) is 11.9 Å². The van der Waals surface area contributed by atoms with Gasteiger partial charge in [-0.1, -0.05) is 6.92 Å². The molecule has 1 heterocycles. The Labute approximate surface area is 124 Å². The monoisotopic (exact) mass is 306 g/mol. The predicted octanol–water partition coefficient (Wildman–Crippen LogP) is 2.95. The smallest absolute Gasteiger partial charge is 0.341 e. The van der Waals surface area contributed by atoms with Crippen LogP contribution in [0.2, 0.25) is 0 Å². The maximum absolute atomic E-state index is 12.6. The second-order valence-electron chi connectivity index (χ2n) is 6.64. The Bertz CT molecular complexity index is 356. The highest BCUT2D eigenvalue weighted by Crippen LogP contribution is 2.33. The molecule has 0 aromatic rings. The van der Waals surface area contributed by atoms with Crippen LogP contribution < -0.4 is 5.32 Å². The van der Waals surface area contributed by atoms with Crippen LogP contribution >= 0.6 is 0 Å². The van der Waals surface area contributed by atoms with E-state index < -0.39 is 18.1 Å². The molecule has 1 aliphatic carbocycles. The molecule has 1 aliphatic heterocycles. The van der Waals surface area contributed by atoms with Crippen LogP contribution in [-0.4, -0.2) is 42.7 Å². The minimum absolute atomic E-state index is 0.0441. The molecule has 6 heteroatoms. The number of rotatable bonds is 2. The fourth-order valence-corrected chi connectivity index (χ4v) is 3.40. The van der Waals surface area contributed by atoms with E-state index in [2.05, 4.69) is 12.2 Å². The Kier molecular flexibility index (Phi) is 5.17. The Balaban J connectivity index is 1.84. The SMILES string of the molecule is CC1CCC(N(C)C(=O)C2CCC(C(F)(F)F)CN2)CC1. The van der Waals surface area contributed by atoms with Crippen LogP contribution in [0.5, 0.6) is 0 Å². The number of nitrogens with zero attached hydrogens (tertiary/aromatic N) is 1. The maximum atomic E-state index is 12.6. The zero-order chi connectivity index (χ0) is 15.6. The van der Waals surface area contributed by atoms with E-state index in [0.29, 0.717) is 5.92 Å². The molecule has 0 bridgehead atoms. The van der Waals surface area contributed by atoms with E-state index >= 15 is 0 Å². The number of likely N-dealkylation sites (N-methyl/N-ethyl adjacent to an activating group) is 1. The third kappa shape index (κ3) is 4.11. The quantitative estimate of drug-likeness (QED) is 0.851. The van der Waals surface area contributed by atoms with Crippen molar-refractivity contribution < 1.29 is 18.0 Å². The number of hydrogen-bond donors (Lipinski definition) is 1. The summed E-state index contributed by atoms with van der Waals surface area (Å²) in [5.41, 5.74) is 0. The summed E-state index contributed by atoms with van der Waals surface area (Å²) >= 11 is 0. The molecule has 1 N–H and O–H groups in total. The fraction of sp³-hybridized carbons (Fsp3) is 0.933. The van der Waals surface area contributed by atoms with E-state index in [0.717, 1.165) is 25.7 Å². The molecule has 0 aromatic carbocycles. The van der Waals surface area contributed by atoms with Crippen LogP contribution in [0, 0.1) is 11.8 Å². The first kappa shape index (κ1) is 16.6. The van der Waals surface area contributed by atoms with Crippen molar-refractivity contribution >= 4 is 5.91 Å². The van der Waals surface area contributed by atoms with Gasteiger partial charge in [-0.05, 0) is 44.4 Å². The topological polar surface area (TPSA) is 32.3 Å². The average Bonchev–Trinajstić information content (AvgIpc) is 2.46. The third-order valence-corrected chi connectivity index (χ3v) is 5.06. The summed E-state index contributed by atoms with van der Waals surface area (Å²) in [7, 11) is 1.79. The number of piperidine rings is 1. The molecule has 1 amide bonds. The van der Waals surface area contributed by atoms with Gasteiger partial charge in [0.2, 0.25) is 5.91 Å². The number of halogens is 3. The van der Waals surface area contributed by atoms with Gasteiger partial charge in [0.15, 0.2) is 0 Å². The molecule has 0 radical (unpaired) electrons. The van der Waals surface area contributed by atoms with Crippen LogP contribution in [0.25, 0.3) is 0 Å². The Morgan fingerprint density at radius 3 is 2.19 bits per heavy atom. The van der Waals surface area contributed by atoms with Crippen LogP contribution in [-0.2, 0) is 4.79 Å². The average molecular weight is 306 g/mol. The van der Waals surface area contributed by atoms with Gasteiger partial charge in [-0.25, -0.2) is 0 Å². The molecule has 2 rings (SSSR count). The first-order valence-electron chi connectivity index (χ1n) is 7.85. The highest BCUT2D eigenvalue weighted by atomic mass is 19.4. The lowest BCUT2D eigenvalue weighted by Crippen LogP contribution is -2.53. The molecule has 2 unspecified atom stereocenters. The largest absolute Gasteiger partial charge is 0.393 e. The lowest BCUT2D eigenvalue weighted by molar-refractivity contribution is -0.180. The third-order valence-electron chi connectivity index (χ3n) is 5.06. The normalized spacial score (nSPS) is 34.5. The summed E-state index contributed by atoms with van der Waals surface area (Å²) in [6.07, 6.45) is 0.404. The molecule has 1 saturated carbocycles. The number of carbonyl (C=O) groups is 1. The molecule has 1 saturated heterocycles. The van der Waals surface area contributed by atoms with E-state index in [1.165, 1.54) is 0 Å². The van der Waals surface area contributed by atoms with Crippen LogP contribution in [0.4, 0.5) is 13.2 Å². The summed E-state index contributed by atoms with van der Waals surface area (Å²) < 4.78 is 37.9. The molecule has 2 atom stereocenters. The first-order valence-corrected chi connectivity index (χ1v) is 7.85. The van der Waals surface area contributed by atoms with Crippen LogP contribution in [0.3, 0.4) is 0 Å². The predicted molar refractivity (Wildman–Crippen MR) is 74.8 cm³/mol. The highest BCUT2D eigenvalue weighted by Gasteiger charge is 2.43. The maximum Gasteiger partial charge on any atom is 0.393 e. The summed E-state index contributed by atoms with van der Waals surface area (Å²) in [4.78, 5) is 14.2. The minimum atomic E-state index is -4.16. The number of alkyl halides is 3. The number of amides is 1. The molecule has 21 heavy (non-hydrogen) atoms. The lowest BCUT2D eigenvalue weighted by atomic mass is 9.86. The van der Waals surface area contributed by atoms with Gasteiger partial charge in [0.05, 0.1) is 12.0 Å². The van der Waals surface area contributed by atoms with E-state index in [-0.39, 0.29) is 31.3 Å². The zero-order valence-corrected chi connectivity index (χ0v) is 12.7. The Morgan fingerprint density at radius 1 is 1.10 bits per heavy atom. The zero-order valence-electron chi connectivity index (χ0n) is 12.7. The van der Waals surface area contributed by atoms with Gasteiger partial charge in [-0.2, -0.15) is 13.2 Å². The van der Waals surface area contributed by atoms with E-state index in [4.69, 9.17) is 0 Å². The summed E-state index contributed by atoms with van der Waals surface area (Å²) in [6, 6.07) is -0.205. The number of hydrogen-bond acceptors (Lipinski definition) is 2. The molecule has 122 valence electrons. The molecule has 0 aromatic heterocycles. The van der Waals surface area contributed by atoms with Crippen LogP contribution in [0.15, 0.2) is 0 Å². The summed E-state index contributed by atoms with van der Waals surface area (Å²) in [5, 5.41) is 2.79. The van der Waals surface area contributed by atoms with Gasteiger partial charge in [0.1, 0.15) is 0 Å². The lowest BCUT2D eigenvalue weighted by Gasteiger charge is -2.37. The summed E-state index contributed by atoms with van der Waals surface area (Å²) in [5.74, 6) is -0.650. The molecular formula is C15H25F3N2O. The van der Waals surface area contributed by atoms with Crippen molar-refractivity contribution in [2.75, 3.05) is 13.6 Å². The van der Waals surface area contributed by atoms with Crippen molar-refractivity contribution in [1.29, 1.82) is 0 Å². The highest BCUT2D eigenvalue weighted by molar-refractivity contribution is 5.82. The Morgan fingerprint density at radius 2 is 1.71 bits per heavy atom. The van der Waals surface area contributed by atoms with E-state index in [9.17, 15) is 18.0 Å². The van der Waals surface area contributed by atoms with Crippen molar-refractivity contribution in [3.8, 4) is 0 Å². The van der Waals surface area contributed by atoms with Gasteiger partial charge in [-0.3, -0.25) is 4.79 Å². The first-order chi connectivity index (χ1) is 9.79. The second kappa shape index (κ2) is 6.55. The molecule has 0 spiro atoms. The molecular weight excluding hydrogens is 281 g/mol. The van der Waals surface area contributed by atoms with Crippen molar-refractivity contribution in [1.82, 2.24) is 10.2 Å². The van der Waals surface area contributed by atoms with Gasteiger partial charge in [0.25, 0.3) is 0 Å². The van der Waals surface area contributed by atoms with Gasteiger partial charge in [-0.15, -0.1) is 0 Å². The standard InChI is InChI=1S/C15H25F3N2O/c1-10-3-6-12(7-4-10)20(2)14(21)13-8-5-11(9-19-13)15(16,17)18/h10-13,19H,3-9H2,1-2H3. The van der Waals surface area contributed by atoms with Crippen molar-refractivity contribution in [3.05, 3.63) is 0 Å². The van der Waals surface area contributed by atoms with Crippen molar-refractivity contribution in [3.63, 3.8) is 0 Å².